The van der Waals surface area contributed by atoms with Crippen molar-refractivity contribution < 1.29 is 33.8 Å². The van der Waals surface area contributed by atoms with Crippen LogP contribution >= 0.6 is 61.9 Å². The Morgan fingerprint density at radius 1 is 0.576 bits per heavy atom. The monoisotopic (exact) mass is 838 g/mol. The van der Waals surface area contributed by atoms with E-state index in [4.69, 9.17) is 8.93 Å². The molecule has 33 heavy (non-hydrogen) atoms. The van der Waals surface area contributed by atoms with Gasteiger partial charge in [0.1, 0.15) is 0 Å². The molecule has 3 aromatic carbocycles. The summed E-state index contributed by atoms with van der Waals surface area (Å²) >= 11 is -10.8. The van der Waals surface area contributed by atoms with Crippen LogP contribution in [0.1, 0.15) is 0 Å². The molecule has 0 saturated heterocycles. The Bertz CT molecular complexity index is 1230. The van der Waals surface area contributed by atoms with E-state index in [0.717, 1.165) is 0 Å². The van der Waals surface area contributed by atoms with Crippen LogP contribution in [-0.2, 0) is 29.7 Å². The number of halogens is 3. The number of hydrogen-bond acceptors (Lipinski definition) is 9. The van der Waals surface area contributed by atoms with Crippen LogP contribution in [0.25, 0.3) is 0 Å². The maximum absolute atomic E-state index is 12.6. The average molecular weight is 838 g/mol. The number of rotatable bonds is 11. The van der Waals surface area contributed by atoms with Gasteiger partial charge in [-0.15, -0.1) is 0 Å². The van der Waals surface area contributed by atoms with Crippen molar-refractivity contribution in [2.45, 2.75) is 0 Å². The molecule has 2 N–H and O–H groups in total. The molecule has 0 atom stereocenters. The van der Waals surface area contributed by atoms with E-state index in [0.29, 0.717) is 10.7 Å². The van der Waals surface area contributed by atoms with Crippen LogP contribution in [0.5, 0.6) is 0 Å². The first kappa shape index (κ1) is 27.1. The van der Waals surface area contributed by atoms with Crippen molar-refractivity contribution in [3.63, 3.8) is 0 Å². The van der Waals surface area contributed by atoms with Gasteiger partial charge in [0.15, 0.2) is 0 Å². The van der Waals surface area contributed by atoms with Crippen molar-refractivity contribution in [3.05, 3.63) is 102 Å². The molecule has 0 saturated carbocycles. The van der Waals surface area contributed by atoms with Crippen molar-refractivity contribution in [1.29, 1.82) is 0 Å². The Kier molecular flexibility index (Phi) is 10.2. The van der Waals surface area contributed by atoms with E-state index in [1.165, 1.54) is 24.3 Å². The van der Waals surface area contributed by atoms with E-state index in [9.17, 15) is 24.8 Å². The summed E-state index contributed by atoms with van der Waals surface area (Å²) in [5, 5.41) is 0. The molecule has 0 amide bonds. The molecule has 0 radical (unpaired) electrons. The van der Waals surface area contributed by atoms with E-state index >= 15 is 0 Å². The van der Waals surface area contributed by atoms with Crippen LogP contribution in [-0.4, -0.2) is 24.8 Å². The van der Waals surface area contributed by atoms with Crippen LogP contribution in [0.15, 0.2) is 91.0 Å². The van der Waals surface area contributed by atoms with Crippen LogP contribution in [0.4, 0.5) is 0 Å². The second-order valence-electron chi connectivity index (χ2n) is 5.64. The molecular formula is C18H17I3O10S2. The molecule has 3 aromatic rings. The standard InChI is InChI=1S/C18H17I3O10S2/c22-19(16-10-4-1-5-11-16)29-33(26,27)31-21(18-14-8-3-9-15-18)28-20(30-32(23,24)25)17-12-6-2-7-13-17/h1-15,22H,(H,23,24,25). The van der Waals surface area contributed by atoms with Crippen LogP contribution in [0, 0.1) is 10.7 Å². The molecule has 0 spiro atoms. The summed E-state index contributed by atoms with van der Waals surface area (Å²) in [4.78, 5) is 0. The Balaban J connectivity index is 1.88. The summed E-state index contributed by atoms with van der Waals surface area (Å²) in [5.41, 5.74) is 0. The minimum absolute atomic E-state index is 0.335. The van der Waals surface area contributed by atoms with Crippen molar-refractivity contribution >= 4 is 82.7 Å². The van der Waals surface area contributed by atoms with E-state index in [2.05, 4.69) is 0 Å². The zero-order valence-corrected chi connectivity index (χ0v) is 24.4. The third-order valence-corrected chi connectivity index (χ3v) is 21.0. The van der Waals surface area contributed by atoms with Crippen LogP contribution in [0.2, 0.25) is 0 Å². The van der Waals surface area contributed by atoms with Crippen molar-refractivity contribution in [2.24, 2.45) is 0 Å². The summed E-state index contributed by atoms with van der Waals surface area (Å²) in [6.07, 6.45) is 0. The predicted octanol–water partition coefficient (Wildman–Crippen LogP) is 4.71. The van der Waals surface area contributed by atoms with Gasteiger partial charge in [0.25, 0.3) is 0 Å². The van der Waals surface area contributed by atoms with Gasteiger partial charge in [-0.1, -0.05) is 0 Å². The number of benzene rings is 3. The first-order chi connectivity index (χ1) is 15.6. The third-order valence-electron chi connectivity index (χ3n) is 3.26. The molecule has 0 aliphatic heterocycles. The van der Waals surface area contributed by atoms with E-state index in [-0.39, 0.29) is 0 Å². The van der Waals surface area contributed by atoms with Crippen molar-refractivity contribution in [1.82, 2.24) is 0 Å². The Hall–Kier alpha value is -0.490. The van der Waals surface area contributed by atoms with Gasteiger partial charge in [0.05, 0.1) is 0 Å². The molecule has 0 aromatic heterocycles. The zero-order valence-electron chi connectivity index (χ0n) is 16.3. The number of hydrogen-bond donors (Lipinski definition) is 2. The van der Waals surface area contributed by atoms with Crippen molar-refractivity contribution in [2.75, 3.05) is 0 Å². The minimum atomic E-state index is -4.90. The SMILES string of the molecule is O=S(=O)(O)OI(OI(OS(=O)(=O)OI(O)c1ccccc1)c1ccccc1)c1ccccc1. The van der Waals surface area contributed by atoms with Crippen LogP contribution in [0.3, 0.4) is 0 Å². The first-order valence-corrected chi connectivity index (χ1v) is 19.9. The predicted molar refractivity (Wildman–Crippen MR) is 145 cm³/mol. The van der Waals surface area contributed by atoms with E-state index in [1.54, 1.807) is 66.7 Å². The molecule has 0 fully saturated rings. The molecule has 0 bridgehead atoms. The second kappa shape index (κ2) is 12.5. The molecule has 10 nitrogen and oxygen atoms in total. The van der Waals surface area contributed by atoms with Gasteiger partial charge in [0, 0.05) is 0 Å². The first-order valence-electron chi connectivity index (χ1n) is 8.59. The van der Waals surface area contributed by atoms with Gasteiger partial charge in [-0.2, -0.15) is 0 Å². The fourth-order valence-corrected chi connectivity index (χ4v) is 20.3. The summed E-state index contributed by atoms with van der Waals surface area (Å²) < 4.78 is 89.3. The second-order valence-corrected chi connectivity index (χ2v) is 21.0. The molecule has 0 heterocycles. The summed E-state index contributed by atoms with van der Waals surface area (Å²) in [6, 6.07) is 24.1. The molecule has 3 rings (SSSR count). The molecule has 0 unspecified atom stereocenters. The molecule has 0 aliphatic carbocycles. The normalized spacial score (nSPS) is 13.3. The summed E-state index contributed by atoms with van der Waals surface area (Å²) in [5.74, 6) is 0. The van der Waals surface area contributed by atoms with Crippen LogP contribution < -0.4 is 0 Å². The van der Waals surface area contributed by atoms with Gasteiger partial charge in [0.2, 0.25) is 0 Å². The van der Waals surface area contributed by atoms with Gasteiger partial charge < -0.3 is 0 Å². The van der Waals surface area contributed by atoms with E-state index in [1.807, 2.05) is 0 Å². The topological polar surface area (TPSA) is 146 Å². The Morgan fingerprint density at radius 2 is 0.970 bits per heavy atom. The maximum atomic E-state index is 12.6. The molecule has 15 heteroatoms. The molecular weight excluding hydrogens is 821 g/mol. The van der Waals surface area contributed by atoms with Gasteiger partial charge >= 0.3 is 218 Å². The zero-order chi connectivity index (χ0) is 23.9. The van der Waals surface area contributed by atoms with Gasteiger partial charge in [-0.25, -0.2) is 0 Å². The quantitative estimate of drug-likeness (QED) is 0.206. The fourth-order valence-electron chi connectivity index (χ4n) is 2.03. The van der Waals surface area contributed by atoms with Gasteiger partial charge in [-0.05, 0) is 0 Å². The molecule has 0 aliphatic rings. The summed E-state index contributed by atoms with van der Waals surface area (Å²) in [7, 11) is -9.62. The average Bonchev–Trinajstić information content (AvgIpc) is 2.78. The summed E-state index contributed by atoms with van der Waals surface area (Å²) in [6.45, 7) is 0. The van der Waals surface area contributed by atoms with Gasteiger partial charge in [-0.3, -0.25) is 0 Å². The Labute approximate surface area is 216 Å². The van der Waals surface area contributed by atoms with E-state index < -0.39 is 82.7 Å². The third kappa shape index (κ3) is 9.23. The Morgan fingerprint density at radius 3 is 1.39 bits per heavy atom. The fraction of sp³-hybridized carbons (Fsp3) is 0. The molecule has 182 valence electrons. The van der Waals surface area contributed by atoms with Crippen molar-refractivity contribution in [3.8, 4) is 0 Å².